The van der Waals surface area contributed by atoms with E-state index in [1.54, 1.807) is 21.3 Å². The predicted molar refractivity (Wildman–Crippen MR) is 92.7 cm³/mol. The third-order valence-corrected chi connectivity index (χ3v) is 3.12. The minimum atomic E-state index is 0. The summed E-state index contributed by atoms with van der Waals surface area (Å²) in [5.41, 5.74) is 0.918. The van der Waals surface area contributed by atoms with Crippen molar-refractivity contribution in [1.82, 2.24) is 5.32 Å². The molecule has 2 N–H and O–H groups in total. The normalized spacial score (nSPS) is 14.2. The van der Waals surface area contributed by atoms with E-state index in [9.17, 15) is 0 Å². The van der Waals surface area contributed by atoms with Crippen molar-refractivity contribution in [2.45, 2.75) is 12.8 Å². The summed E-state index contributed by atoms with van der Waals surface area (Å²) in [5, 5.41) is 6.55. The molecule has 1 aliphatic rings. The first-order valence-corrected chi connectivity index (χ1v) is 6.46. The number of hydrogen-bond donors (Lipinski definition) is 2. The Morgan fingerprint density at radius 2 is 1.95 bits per heavy atom. The maximum atomic E-state index is 5.28. The van der Waals surface area contributed by atoms with Gasteiger partial charge < -0.3 is 20.1 Å². The van der Waals surface area contributed by atoms with Crippen LogP contribution in [0.5, 0.6) is 11.5 Å². The molecule has 0 aliphatic heterocycles. The fourth-order valence-corrected chi connectivity index (χ4v) is 1.79. The highest BCUT2D eigenvalue weighted by atomic mass is 127. The van der Waals surface area contributed by atoms with E-state index in [0.29, 0.717) is 11.5 Å². The van der Waals surface area contributed by atoms with E-state index in [4.69, 9.17) is 9.47 Å². The van der Waals surface area contributed by atoms with Gasteiger partial charge >= 0.3 is 0 Å². The summed E-state index contributed by atoms with van der Waals surface area (Å²) >= 11 is 0. The van der Waals surface area contributed by atoms with E-state index in [1.807, 2.05) is 18.2 Å². The Labute approximate surface area is 137 Å². The molecule has 0 spiro atoms. The average molecular weight is 391 g/mol. The molecule has 1 fully saturated rings. The van der Waals surface area contributed by atoms with Gasteiger partial charge in [0.2, 0.25) is 0 Å². The molecule has 1 aromatic rings. The Balaban J connectivity index is 0.00000200. The first-order chi connectivity index (χ1) is 9.26. The smallest absolute Gasteiger partial charge is 0.195 e. The summed E-state index contributed by atoms with van der Waals surface area (Å²) in [7, 11) is 5.02. The van der Waals surface area contributed by atoms with Gasteiger partial charge in [0.05, 0.1) is 14.2 Å². The standard InChI is InChI=1S/C14H21N3O2.HI/c1-15-14(16-9-10-4-5-10)17-11-6-7-12(18-2)13(8-11)19-3;/h6-8,10H,4-5,9H2,1-3H3,(H2,15,16,17);1H. The van der Waals surface area contributed by atoms with Crippen LogP contribution in [0.2, 0.25) is 0 Å². The number of guanidine groups is 1. The van der Waals surface area contributed by atoms with Gasteiger partial charge in [-0.15, -0.1) is 24.0 Å². The number of rotatable bonds is 5. The number of nitrogens with one attached hydrogen (secondary N) is 2. The average Bonchev–Trinajstić information content (AvgIpc) is 3.27. The summed E-state index contributed by atoms with van der Waals surface area (Å²) in [5.74, 6) is 3.00. The topological polar surface area (TPSA) is 54.9 Å². The van der Waals surface area contributed by atoms with Crippen LogP contribution >= 0.6 is 24.0 Å². The van der Waals surface area contributed by atoms with Crippen LogP contribution in [0.25, 0.3) is 0 Å². The van der Waals surface area contributed by atoms with E-state index in [2.05, 4.69) is 15.6 Å². The van der Waals surface area contributed by atoms with Gasteiger partial charge in [-0.2, -0.15) is 0 Å². The Kier molecular flexibility index (Phi) is 6.90. The number of aliphatic imine (C=N–C) groups is 1. The quantitative estimate of drug-likeness (QED) is 0.461. The summed E-state index contributed by atoms with van der Waals surface area (Å²) in [6.07, 6.45) is 2.64. The van der Waals surface area contributed by atoms with Gasteiger partial charge in [-0.25, -0.2) is 0 Å². The number of nitrogens with zero attached hydrogens (tertiary/aromatic N) is 1. The zero-order valence-corrected chi connectivity index (χ0v) is 14.4. The monoisotopic (exact) mass is 391 g/mol. The highest BCUT2D eigenvalue weighted by Gasteiger charge is 2.21. The molecule has 1 aromatic carbocycles. The number of ether oxygens (including phenoxy) is 2. The van der Waals surface area contributed by atoms with Crippen LogP contribution in [0.4, 0.5) is 5.69 Å². The Hall–Kier alpha value is -1.18. The molecule has 0 heterocycles. The molecular weight excluding hydrogens is 369 g/mol. The van der Waals surface area contributed by atoms with Crippen molar-refractivity contribution in [2.75, 3.05) is 33.1 Å². The Morgan fingerprint density at radius 3 is 2.50 bits per heavy atom. The summed E-state index contributed by atoms with van der Waals surface area (Å²) in [6.45, 7) is 0.979. The van der Waals surface area contributed by atoms with Crippen LogP contribution < -0.4 is 20.1 Å². The van der Waals surface area contributed by atoms with Gasteiger partial charge in [0, 0.05) is 25.3 Å². The molecule has 0 unspecified atom stereocenters. The number of hydrogen-bond acceptors (Lipinski definition) is 3. The lowest BCUT2D eigenvalue weighted by atomic mass is 10.2. The number of benzene rings is 1. The number of methoxy groups -OCH3 is 2. The largest absolute Gasteiger partial charge is 0.493 e. The molecule has 2 rings (SSSR count). The lowest BCUT2D eigenvalue weighted by molar-refractivity contribution is 0.355. The Morgan fingerprint density at radius 1 is 1.25 bits per heavy atom. The second-order valence-electron chi connectivity index (χ2n) is 4.59. The zero-order valence-electron chi connectivity index (χ0n) is 12.1. The molecule has 0 saturated heterocycles. The van der Waals surface area contributed by atoms with Crippen molar-refractivity contribution < 1.29 is 9.47 Å². The fraction of sp³-hybridized carbons (Fsp3) is 0.500. The molecule has 1 saturated carbocycles. The molecule has 0 bridgehead atoms. The molecule has 0 atom stereocenters. The third kappa shape index (κ3) is 4.73. The van der Waals surface area contributed by atoms with E-state index in [0.717, 1.165) is 24.1 Å². The minimum absolute atomic E-state index is 0. The van der Waals surface area contributed by atoms with Crippen LogP contribution in [-0.4, -0.2) is 33.8 Å². The van der Waals surface area contributed by atoms with Crippen molar-refractivity contribution in [3.05, 3.63) is 18.2 Å². The fourth-order valence-electron chi connectivity index (χ4n) is 1.79. The van der Waals surface area contributed by atoms with Gasteiger partial charge in [0.15, 0.2) is 17.5 Å². The lowest BCUT2D eigenvalue weighted by Crippen LogP contribution is -2.32. The first kappa shape index (κ1) is 16.9. The second kappa shape index (κ2) is 8.18. The summed E-state index contributed by atoms with van der Waals surface area (Å²) < 4.78 is 10.5. The van der Waals surface area contributed by atoms with Crippen molar-refractivity contribution >= 4 is 35.6 Å². The van der Waals surface area contributed by atoms with E-state index in [1.165, 1.54) is 12.8 Å². The van der Waals surface area contributed by atoms with Crippen molar-refractivity contribution in [1.29, 1.82) is 0 Å². The predicted octanol–water partition coefficient (Wildman–Crippen LogP) is 2.72. The molecule has 1 aliphatic carbocycles. The second-order valence-corrected chi connectivity index (χ2v) is 4.59. The maximum Gasteiger partial charge on any atom is 0.195 e. The van der Waals surface area contributed by atoms with Crippen molar-refractivity contribution in [3.63, 3.8) is 0 Å². The maximum absolute atomic E-state index is 5.28. The van der Waals surface area contributed by atoms with Gasteiger partial charge in [-0.05, 0) is 30.9 Å². The molecule has 112 valence electrons. The molecule has 0 amide bonds. The SMILES string of the molecule is CN=C(NCC1CC1)Nc1ccc(OC)c(OC)c1.I. The van der Waals surface area contributed by atoms with Gasteiger partial charge in [0.1, 0.15) is 0 Å². The van der Waals surface area contributed by atoms with Crippen LogP contribution in [0.15, 0.2) is 23.2 Å². The zero-order chi connectivity index (χ0) is 13.7. The van der Waals surface area contributed by atoms with Crippen LogP contribution in [0.3, 0.4) is 0 Å². The summed E-state index contributed by atoms with van der Waals surface area (Å²) in [4.78, 5) is 4.20. The highest BCUT2D eigenvalue weighted by molar-refractivity contribution is 14.0. The number of halogens is 1. The molecule has 5 nitrogen and oxygen atoms in total. The van der Waals surface area contributed by atoms with Crippen LogP contribution in [0.1, 0.15) is 12.8 Å². The number of anilines is 1. The minimum Gasteiger partial charge on any atom is -0.493 e. The van der Waals surface area contributed by atoms with Gasteiger partial charge in [0.25, 0.3) is 0 Å². The van der Waals surface area contributed by atoms with E-state index >= 15 is 0 Å². The third-order valence-electron chi connectivity index (χ3n) is 3.12. The summed E-state index contributed by atoms with van der Waals surface area (Å²) in [6, 6.07) is 5.70. The lowest BCUT2D eigenvalue weighted by Gasteiger charge is -2.13. The van der Waals surface area contributed by atoms with E-state index in [-0.39, 0.29) is 24.0 Å². The van der Waals surface area contributed by atoms with Gasteiger partial charge in [-0.3, -0.25) is 4.99 Å². The molecule has 6 heteroatoms. The van der Waals surface area contributed by atoms with E-state index < -0.39 is 0 Å². The van der Waals surface area contributed by atoms with Gasteiger partial charge in [-0.1, -0.05) is 0 Å². The van der Waals surface area contributed by atoms with Crippen molar-refractivity contribution in [2.24, 2.45) is 10.9 Å². The molecule has 0 radical (unpaired) electrons. The van der Waals surface area contributed by atoms with Crippen LogP contribution in [0, 0.1) is 5.92 Å². The molecular formula is C14H22IN3O2. The Bertz CT molecular complexity index is 462. The first-order valence-electron chi connectivity index (χ1n) is 6.46. The van der Waals surface area contributed by atoms with Crippen LogP contribution in [-0.2, 0) is 0 Å². The molecule has 20 heavy (non-hydrogen) atoms. The highest BCUT2D eigenvalue weighted by Crippen LogP contribution is 2.30. The van der Waals surface area contributed by atoms with Crippen molar-refractivity contribution in [3.8, 4) is 11.5 Å². The molecule has 0 aromatic heterocycles.